The molecule has 1 fully saturated rings. The van der Waals surface area contributed by atoms with Crippen LogP contribution in [-0.4, -0.2) is 33.9 Å². The van der Waals surface area contributed by atoms with E-state index < -0.39 is 0 Å². The lowest BCUT2D eigenvalue weighted by Crippen LogP contribution is -2.45. The fourth-order valence-corrected chi connectivity index (χ4v) is 3.77. The largest absolute Gasteiger partial charge is 0.314 e. The van der Waals surface area contributed by atoms with Crippen molar-refractivity contribution in [1.82, 2.24) is 19.6 Å². The Morgan fingerprint density at radius 2 is 2.15 bits per heavy atom. The van der Waals surface area contributed by atoms with E-state index in [4.69, 9.17) is 16.6 Å². The molecule has 1 aliphatic heterocycles. The Kier molecular flexibility index (Phi) is 4.76. The lowest BCUT2D eigenvalue weighted by atomic mass is 10.0. The number of piperazine rings is 1. The lowest BCUT2D eigenvalue weighted by Gasteiger charge is -2.36. The Morgan fingerprint density at radius 1 is 1.27 bits per heavy atom. The third kappa shape index (κ3) is 3.38. The molecule has 3 heterocycles. The van der Waals surface area contributed by atoms with Gasteiger partial charge in [0, 0.05) is 49.5 Å². The van der Waals surface area contributed by atoms with Crippen molar-refractivity contribution in [2.45, 2.75) is 19.5 Å². The first-order valence-electron chi connectivity index (χ1n) is 8.80. The van der Waals surface area contributed by atoms with Crippen LogP contribution in [0.3, 0.4) is 0 Å². The standard InChI is InChI=1S/C20H21ClN4O/c1-14-4-3-8-25-19(26)11-17(23-20(14)25)13-24-9-7-22-12-18(24)15-5-2-6-16(21)10-15/h2-6,8,10-11,18,22H,7,9,12-13H2,1H3. The van der Waals surface area contributed by atoms with Gasteiger partial charge in [0.2, 0.25) is 0 Å². The van der Waals surface area contributed by atoms with Crippen molar-refractivity contribution < 1.29 is 0 Å². The number of aromatic nitrogens is 2. The van der Waals surface area contributed by atoms with Gasteiger partial charge in [-0.2, -0.15) is 0 Å². The molecule has 5 nitrogen and oxygen atoms in total. The molecule has 0 bridgehead atoms. The number of fused-ring (bicyclic) bond motifs is 1. The zero-order chi connectivity index (χ0) is 18.1. The molecule has 1 aliphatic rings. The highest BCUT2D eigenvalue weighted by atomic mass is 35.5. The van der Waals surface area contributed by atoms with Gasteiger partial charge in [0.05, 0.1) is 5.69 Å². The summed E-state index contributed by atoms with van der Waals surface area (Å²) in [5.41, 5.74) is 3.67. The van der Waals surface area contributed by atoms with Crippen molar-refractivity contribution in [2.24, 2.45) is 0 Å². The molecular weight excluding hydrogens is 348 g/mol. The first kappa shape index (κ1) is 17.2. The predicted octanol–water partition coefficient (Wildman–Crippen LogP) is 2.80. The van der Waals surface area contributed by atoms with Gasteiger partial charge < -0.3 is 5.32 Å². The number of rotatable bonds is 3. The number of hydrogen-bond acceptors (Lipinski definition) is 4. The van der Waals surface area contributed by atoms with Crippen molar-refractivity contribution in [3.8, 4) is 0 Å². The van der Waals surface area contributed by atoms with Crippen LogP contribution in [-0.2, 0) is 6.54 Å². The summed E-state index contributed by atoms with van der Waals surface area (Å²) in [6, 6.07) is 13.7. The molecule has 3 aromatic rings. The second kappa shape index (κ2) is 7.19. The second-order valence-corrected chi connectivity index (χ2v) is 7.15. The number of benzene rings is 1. The van der Waals surface area contributed by atoms with Gasteiger partial charge in [0.25, 0.3) is 5.56 Å². The fraction of sp³-hybridized carbons (Fsp3) is 0.300. The van der Waals surface area contributed by atoms with Crippen LogP contribution in [0, 0.1) is 6.92 Å². The van der Waals surface area contributed by atoms with Gasteiger partial charge in [-0.15, -0.1) is 0 Å². The molecule has 6 heteroatoms. The van der Waals surface area contributed by atoms with Gasteiger partial charge in [-0.05, 0) is 36.2 Å². The van der Waals surface area contributed by atoms with Crippen LogP contribution in [0.5, 0.6) is 0 Å². The van der Waals surface area contributed by atoms with E-state index in [0.717, 1.165) is 41.6 Å². The monoisotopic (exact) mass is 368 g/mol. The topological polar surface area (TPSA) is 49.6 Å². The second-order valence-electron chi connectivity index (χ2n) is 6.72. The molecule has 0 amide bonds. The van der Waals surface area contributed by atoms with Crippen LogP contribution in [0.15, 0.2) is 53.5 Å². The number of pyridine rings is 1. The zero-order valence-electron chi connectivity index (χ0n) is 14.7. The first-order chi connectivity index (χ1) is 12.6. The Morgan fingerprint density at radius 3 is 3.00 bits per heavy atom. The molecule has 134 valence electrons. The molecule has 1 saturated heterocycles. The average Bonchev–Trinajstić information content (AvgIpc) is 2.63. The Hall–Kier alpha value is -2.21. The van der Waals surface area contributed by atoms with Gasteiger partial charge in [-0.3, -0.25) is 14.1 Å². The van der Waals surface area contributed by atoms with E-state index in [-0.39, 0.29) is 11.6 Å². The van der Waals surface area contributed by atoms with Gasteiger partial charge >= 0.3 is 0 Å². The molecule has 0 spiro atoms. The summed E-state index contributed by atoms with van der Waals surface area (Å²) in [5, 5.41) is 4.19. The summed E-state index contributed by atoms with van der Waals surface area (Å²) in [7, 11) is 0. The van der Waals surface area contributed by atoms with Gasteiger partial charge in [0.1, 0.15) is 5.65 Å². The van der Waals surface area contributed by atoms with Gasteiger partial charge in [0.15, 0.2) is 0 Å². The number of nitrogens with zero attached hydrogens (tertiary/aromatic N) is 3. The highest BCUT2D eigenvalue weighted by molar-refractivity contribution is 6.30. The number of nitrogens with one attached hydrogen (secondary N) is 1. The molecular formula is C20H21ClN4O. The van der Waals surface area contributed by atoms with Crippen LogP contribution >= 0.6 is 11.6 Å². The van der Waals surface area contributed by atoms with Crippen LogP contribution in [0.2, 0.25) is 5.02 Å². The summed E-state index contributed by atoms with van der Waals surface area (Å²) >= 11 is 6.18. The van der Waals surface area contributed by atoms with Crippen molar-refractivity contribution in [3.63, 3.8) is 0 Å². The maximum atomic E-state index is 12.5. The fourth-order valence-electron chi connectivity index (χ4n) is 3.58. The van der Waals surface area contributed by atoms with Crippen molar-refractivity contribution >= 4 is 17.2 Å². The first-order valence-corrected chi connectivity index (χ1v) is 9.18. The number of aryl methyl sites for hydroxylation is 1. The summed E-state index contributed by atoms with van der Waals surface area (Å²) in [4.78, 5) is 19.6. The Bertz CT molecular complexity index is 1000. The lowest BCUT2D eigenvalue weighted by molar-refractivity contribution is 0.152. The Balaban J connectivity index is 1.67. The highest BCUT2D eigenvalue weighted by Gasteiger charge is 2.24. The molecule has 0 saturated carbocycles. The molecule has 4 rings (SSSR count). The molecule has 2 aromatic heterocycles. The van der Waals surface area contributed by atoms with Crippen LogP contribution < -0.4 is 10.9 Å². The molecule has 26 heavy (non-hydrogen) atoms. The zero-order valence-corrected chi connectivity index (χ0v) is 15.4. The summed E-state index contributed by atoms with van der Waals surface area (Å²) in [5.74, 6) is 0. The number of halogens is 1. The van der Waals surface area contributed by atoms with Gasteiger partial charge in [-0.1, -0.05) is 29.8 Å². The minimum Gasteiger partial charge on any atom is -0.314 e. The van der Waals surface area contributed by atoms with E-state index in [9.17, 15) is 4.79 Å². The molecule has 1 atom stereocenters. The van der Waals surface area contributed by atoms with Crippen molar-refractivity contribution in [2.75, 3.05) is 19.6 Å². The summed E-state index contributed by atoms with van der Waals surface area (Å²) in [6.45, 7) is 5.28. The molecule has 0 aliphatic carbocycles. The molecule has 1 unspecified atom stereocenters. The van der Waals surface area contributed by atoms with E-state index in [0.29, 0.717) is 6.54 Å². The SMILES string of the molecule is Cc1cccn2c(=O)cc(CN3CCNCC3c3cccc(Cl)c3)nc12. The third-order valence-electron chi connectivity index (χ3n) is 4.89. The van der Waals surface area contributed by atoms with Crippen LogP contribution in [0.25, 0.3) is 5.65 Å². The van der Waals surface area contributed by atoms with Crippen molar-refractivity contribution in [1.29, 1.82) is 0 Å². The maximum absolute atomic E-state index is 12.5. The van der Waals surface area contributed by atoms with Crippen LogP contribution in [0.4, 0.5) is 0 Å². The third-order valence-corrected chi connectivity index (χ3v) is 5.13. The predicted molar refractivity (Wildman–Crippen MR) is 104 cm³/mol. The van der Waals surface area contributed by atoms with Crippen molar-refractivity contribution in [3.05, 3.63) is 80.9 Å². The minimum atomic E-state index is -0.0388. The summed E-state index contributed by atoms with van der Waals surface area (Å²) in [6.07, 6.45) is 1.76. The normalized spacial score (nSPS) is 18.3. The summed E-state index contributed by atoms with van der Waals surface area (Å²) < 4.78 is 1.60. The molecule has 0 radical (unpaired) electrons. The highest BCUT2D eigenvalue weighted by Crippen LogP contribution is 2.25. The van der Waals surface area contributed by atoms with E-state index in [1.807, 2.05) is 37.3 Å². The molecule has 1 aromatic carbocycles. The van der Waals surface area contributed by atoms with E-state index in [1.165, 1.54) is 5.56 Å². The molecule has 1 N–H and O–H groups in total. The van der Waals surface area contributed by atoms with E-state index in [1.54, 1.807) is 16.7 Å². The minimum absolute atomic E-state index is 0.0388. The van der Waals surface area contributed by atoms with E-state index in [2.05, 4.69) is 16.3 Å². The Labute approximate surface area is 157 Å². The number of hydrogen-bond donors (Lipinski definition) is 1. The van der Waals surface area contributed by atoms with E-state index >= 15 is 0 Å². The quantitative estimate of drug-likeness (QED) is 0.772. The van der Waals surface area contributed by atoms with Crippen LogP contribution in [0.1, 0.15) is 22.9 Å². The smallest absolute Gasteiger partial charge is 0.258 e. The maximum Gasteiger partial charge on any atom is 0.258 e. The average molecular weight is 369 g/mol. The van der Waals surface area contributed by atoms with Gasteiger partial charge in [-0.25, -0.2) is 4.98 Å².